The third kappa shape index (κ3) is 8.59. The largest absolute Gasteiger partial charge is 0.372 e. The van der Waals surface area contributed by atoms with Gasteiger partial charge in [-0.15, -0.1) is 0 Å². The molecule has 2 saturated heterocycles. The lowest BCUT2D eigenvalue weighted by atomic mass is 9.89. The molecule has 0 aliphatic carbocycles. The van der Waals surface area contributed by atoms with Crippen molar-refractivity contribution in [1.82, 2.24) is 4.90 Å². The lowest BCUT2D eigenvalue weighted by molar-refractivity contribution is -0.206. The van der Waals surface area contributed by atoms with Gasteiger partial charge in [0.2, 0.25) is 0 Å². The molecule has 2 aliphatic rings. The maximum atomic E-state index is 15.2. The van der Waals surface area contributed by atoms with Gasteiger partial charge in [0.05, 0.1) is 32.0 Å². The first-order valence-corrected chi connectivity index (χ1v) is 16.3. The van der Waals surface area contributed by atoms with Crippen LogP contribution in [-0.4, -0.2) is 62.1 Å². The molecule has 4 atom stereocenters. The van der Waals surface area contributed by atoms with Gasteiger partial charge in [0.1, 0.15) is 18.9 Å². The lowest BCUT2D eigenvalue weighted by Crippen LogP contribution is -2.64. The summed E-state index contributed by atoms with van der Waals surface area (Å²) in [5.74, 6) is 0.477. The van der Waals surface area contributed by atoms with E-state index < -0.39 is 24.9 Å². The van der Waals surface area contributed by atoms with Gasteiger partial charge < -0.3 is 19.1 Å². The number of ether oxygens (including phenoxy) is 3. The minimum Gasteiger partial charge on any atom is -0.372 e. The monoisotopic (exact) mass is 608 g/mol. The molecule has 5 nitrogen and oxygen atoms in total. The minimum atomic E-state index is -0.501. The number of para-hydroxylation sites is 1. The van der Waals surface area contributed by atoms with E-state index in [9.17, 15) is 0 Å². The van der Waals surface area contributed by atoms with Crippen LogP contribution in [-0.2, 0) is 34.0 Å². The molecule has 236 valence electrons. The number of likely N-dealkylation sites (tertiary alicyclic amines) is 1. The van der Waals surface area contributed by atoms with Gasteiger partial charge >= 0.3 is 0 Å². The van der Waals surface area contributed by atoms with Crippen LogP contribution < -0.4 is 4.90 Å². The quantitative estimate of drug-likeness (QED) is 0.159. The molecule has 0 radical (unpaired) electrons. The van der Waals surface area contributed by atoms with Crippen molar-refractivity contribution in [2.24, 2.45) is 5.92 Å². The number of alkyl halides is 1. The summed E-state index contributed by atoms with van der Waals surface area (Å²) in [7, 11) is 0. The van der Waals surface area contributed by atoms with Crippen LogP contribution in [0.15, 0.2) is 121 Å². The van der Waals surface area contributed by atoms with Crippen molar-refractivity contribution >= 4 is 5.69 Å². The number of piperidine rings is 2. The molecule has 2 fully saturated rings. The van der Waals surface area contributed by atoms with Crippen LogP contribution >= 0.6 is 0 Å². The predicted molar refractivity (Wildman–Crippen MR) is 178 cm³/mol. The van der Waals surface area contributed by atoms with Crippen LogP contribution in [0.4, 0.5) is 10.1 Å². The molecule has 0 bridgehead atoms. The number of benzene rings is 4. The molecule has 0 saturated carbocycles. The Kier molecular flexibility index (Phi) is 11.3. The Morgan fingerprint density at radius 3 is 1.56 bits per heavy atom. The second-order valence-electron chi connectivity index (χ2n) is 12.3. The standard InChI is InChI=1S/C39H45FN2O3/c40-25-36-38(44-29-33-15-7-2-8-16-33)39(45-30-34-17-9-3-10-18-34)37(43-28-32-13-5-1-6-14-32)27-42(36)26-31-21-23-41(24-22-31)35-19-11-4-12-20-35/h1-20,31,36-39H,21-30H2/t36-,37+,38-,39-/m1/s1. The normalized spacial score (nSPS) is 22.8. The van der Waals surface area contributed by atoms with Gasteiger partial charge in [0, 0.05) is 31.9 Å². The van der Waals surface area contributed by atoms with Gasteiger partial charge in [0.25, 0.3) is 0 Å². The molecule has 6 rings (SSSR count). The van der Waals surface area contributed by atoms with Gasteiger partial charge in [-0.3, -0.25) is 4.90 Å². The summed E-state index contributed by atoms with van der Waals surface area (Å²) >= 11 is 0. The smallest absolute Gasteiger partial charge is 0.113 e. The summed E-state index contributed by atoms with van der Waals surface area (Å²) in [6.45, 7) is 4.20. The fourth-order valence-corrected chi connectivity index (χ4v) is 6.71. The van der Waals surface area contributed by atoms with Crippen molar-refractivity contribution in [3.63, 3.8) is 0 Å². The highest BCUT2D eigenvalue weighted by Crippen LogP contribution is 2.32. The van der Waals surface area contributed by atoms with Crippen LogP contribution in [0.25, 0.3) is 0 Å². The molecule has 45 heavy (non-hydrogen) atoms. The number of rotatable bonds is 13. The lowest BCUT2D eigenvalue weighted by Gasteiger charge is -2.49. The Balaban J connectivity index is 1.21. The van der Waals surface area contributed by atoms with E-state index in [4.69, 9.17) is 14.2 Å². The maximum Gasteiger partial charge on any atom is 0.113 e. The Hall–Kier alpha value is -3.55. The molecule has 4 aromatic rings. The van der Waals surface area contributed by atoms with Gasteiger partial charge in [-0.2, -0.15) is 0 Å². The fraction of sp³-hybridized carbons (Fsp3) is 0.385. The molecular weight excluding hydrogens is 563 g/mol. The van der Waals surface area contributed by atoms with Gasteiger partial charge in [0.15, 0.2) is 0 Å². The predicted octanol–water partition coefficient (Wildman–Crippen LogP) is 7.31. The third-order valence-electron chi connectivity index (χ3n) is 9.22. The van der Waals surface area contributed by atoms with Crippen LogP contribution in [0.3, 0.4) is 0 Å². The highest BCUT2D eigenvalue weighted by molar-refractivity contribution is 5.46. The molecule has 4 aromatic carbocycles. The van der Waals surface area contributed by atoms with Crippen LogP contribution in [0, 0.1) is 5.92 Å². The highest BCUT2D eigenvalue weighted by atomic mass is 19.1. The zero-order valence-corrected chi connectivity index (χ0v) is 26.0. The second-order valence-corrected chi connectivity index (χ2v) is 12.3. The van der Waals surface area contributed by atoms with Crippen molar-refractivity contribution in [3.05, 3.63) is 138 Å². The molecule has 0 aromatic heterocycles. The molecular formula is C39H45FN2O3. The number of hydrogen-bond donors (Lipinski definition) is 0. The Morgan fingerprint density at radius 1 is 0.578 bits per heavy atom. The van der Waals surface area contributed by atoms with E-state index in [1.54, 1.807) is 0 Å². The van der Waals surface area contributed by atoms with E-state index in [1.807, 2.05) is 54.6 Å². The molecule has 0 amide bonds. The number of halogens is 1. The van der Waals surface area contributed by atoms with Crippen LogP contribution in [0.1, 0.15) is 29.5 Å². The Morgan fingerprint density at radius 2 is 1.04 bits per heavy atom. The van der Waals surface area contributed by atoms with E-state index in [0.717, 1.165) is 49.2 Å². The topological polar surface area (TPSA) is 34.2 Å². The molecule has 2 heterocycles. The first kappa shape index (κ1) is 31.4. The third-order valence-corrected chi connectivity index (χ3v) is 9.22. The first-order chi connectivity index (χ1) is 22.3. The Bertz CT molecular complexity index is 1390. The molecule has 6 heteroatoms. The fourth-order valence-electron chi connectivity index (χ4n) is 6.71. The Labute approximate surface area is 267 Å². The number of nitrogens with zero attached hydrogens (tertiary/aromatic N) is 2. The van der Waals surface area contributed by atoms with Crippen molar-refractivity contribution in [1.29, 1.82) is 0 Å². The summed E-state index contributed by atoms with van der Waals surface area (Å²) in [6.07, 6.45) is 0.960. The molecule has 0 spiro atoms. The second kappa shape index (κ2) is 16.1. The average Bonchev–Trinajstić information content (AvgIpc) is 3.11. The van der Waals surface area contributed by atoms with E-state index in [1.165, 1.54) is 5.69 Å². The summed E-state index contributed by atoms with van der Waals surface area (Å²) in [4.78, 5) is 4.76. The van der Waals surface area contributed by atoms with E-state index in [2.05, 4.69) is 76.5 Å². The van der Waals surface area contributed by atoms with Gasteiger partial charge in [-0.05, 0) is 47.6 Å². The highest BCUT2D eigenvalue weighted by Gasteiger charge is 2.46. The molecule has 0 unspecified atom stereocenters. The van der Waals surface area contributed by atoms with Crippen LogP contribution in [0.2, 0.25) is 0 Å². The maximum absolute atomic E-state index is 15.2. The van der Waals surface area contributed by atoms with Crippen molar-refractivity contribution in [2.75, 3.05) is 37.8 Å². The van der Waals surface area contributed by atoms with Crippen LogP contribution in [0.5, 0.6) is 0 Å². The van der Waals surface area contributed by atoms with Gasteiger partial charge in [-0.1, -0.05) is 109 Å². The van der Waals surface area contributed by atoms with Crippen molar-refractivity contribution in [3.8, 4) is 0 Å². The molecule has 0 N–H and O–H groups in total. The summed E-state index contributed by atoms with van der Waals surface area (Å²) in [6, 6.07) is 40.7. The van der Waals surface area contributed by atoms with E-state index in [0.29, 0.717) is 32.3 Å². The van der Waals surface area contributed by atoms with E-state index in [-0.39, 0.29) is 6.10 Å². The summed E-state index contributed by atoms with van der Waals surface area (Å²) in [5.41, 5.74) is 4.51. The SMILES string of the molecule is FC[C@@H]1[C@@H](OCc2ccccc2)[C@H](OCc2ccccc2)[C@@H](OCc2ccccc2)CN1CC1CCN(c2ccccc2)CC1. The van der Waals surface area contributed by atoms with Crippen molar-refractivity contribution < 1.29 is 18.6 Å². The summed E-state index contributed by atoms with van der Waals surface area (Å²) in [5, 5.41) is 0. The van der Waals surface area contributed by atoms with E-state index >= 15 is 4.39 Å². The average molecular weight is 609 g/mol. The first-order valence-electron chi connectivity index (χ1n) is 16.3. The molecule has 2 aliphatic heterocycles. The van der Waals surface area contributed by atoms with Gasteiger partial charge in [-0.25, -0.2) is 4.39 Å². The zero-order chi connectivity index (χ0) is 30.7. The number of anilines is 1. The minimum absolute atomic E-state index is 0.276. The zero-order valence-electron chi connectivity index (χ0n) is 26.0. The summed E-state index contributed by atoms with van der Waals surface area (Å²) < 4.78 is 35.2. The van der Waals surface area contributed by atoms with Crippen molar-refractivity contribution in [2.45, 2.75) is 57.0 Å². The number of hydrogen-bond acceptors (Lipinski definition) is 5.